The van der Waals surface area contributed by atoms with Gasteiger partial charge in [0.2, 0.25) is 0 Å². The second-order valence-corrected chi connectivity index (χ2v) is 14.2. The fourth-order valence-corrected chi connectivity index (χ4v) is 5.01. The van der Waals surface area contributed by atoms with Gasteiger partial charge in [-0.25, -0.2) is 12.6 Å². The molecule has 0 saturated carbocycles. The smallest absolute Gasteiger partial charge is 0.497 e. The highest BCUT2D eigenvalue weighted by Gasteiger charge is 2.46. The second-order valence-electron chi connectivity index (χ2n) is 9.67. The van der Waals surface area contributed by atoms with E-state index in [0.717, 1.165) is 29.0 Å². The van der Waals surface area contributed by atoms with Crippen LogP contribution >= 0.6 is 11.8 Å². The number of hydrogen-bond acceptors (Lipinski definition) is 5. The van der Waals surface area contributed by atoms with Gasteiger partial charge in [0.1, 0.15) is 5.75 Å². The van der Waals surface area contributed by atoms with E-state index in [-0.39, 0.29) is 21.6 Å². The number of sulfone groups is 1. The van der Waals surface area contributed by atoms with Crippen molar-refractivity contribution < 1.29 is 56.9 Å². The zero-order valence-corrected chi connectivity index (χ0v) is 28.4. The van der Waals surface area contributed by atoms with Gasteiger partial charge < -0.3 is 4.74 Å². The third-order valence-corrected chi connectivity index (χ3v) is 8.95. The lowest BCUT2D eigenvalue weighted by Crippen LogP contribution is -2.23. The summed E-state index contributed by atoms with van der Waals surface area (Å²) in [5.41, 5.74) is -10.3. The fourth-order valence-electron chi connectivity index (χ4n) is 3.06. The third kappa shape index (κ3) is 15.6. The quantitative estimate of drug-likeness (QED) is 0.154. The van der Waals surface area contributed by atoms with Crippen LogP contribution in [0.5, 0.6) is 5.75 Å². The van der Waals surface area contributed by atoms with Crippen molar-refractivity contribution in [3.63, 3.8) is 0 Å². The van der Waals surface area contributed by atoms with Gasteiger partial charge >= 0.3 is 16.5 Å². The highest BCUT2D eigenvalue weighted by atomic mass is 32.2. The summed E-state index contributed by atoms with van der Waals surface area (Å²) in [6.07, 6.45) is 0. The van der Waals surface area contributed by atoms with Crippen molar-refractivity contribution in [1.82, 2.24) is 0 Å². The van der Waals surface area contributed by atoms with Crippen molar-refractivity contribution in [2.75, 3.05) is 7.11 Å². The Hall–Kier alpha value is -3.50. The molecule has 0 spiro atoms. The SMILES string of the molecule is COc1ccc(C)cc1.Cc1ccc(S(=O)(=O)C(F)(F)F)cc1.Cc1ccc(S(=O)C(F)(F)F)cc1.Cc1ccc(SC(F)(F)F)cc1. The van der Waals surface area contributed by atoms with Crippen molar-refractivity contribution in [3.8, 4) is 5.75 Å². The maximum absolute atomic E-state index is 12.0. The minimum atomic E-state index is -5.23. The van der Waals surface area contributed by atoms with Gasteiger partial charge in [-0.15, -0.1) is 0 Å². The van der Waals surface area contributed by atoms with E-state index in [1.54, 1.807) is 33.1 Å². The highest BCUT2D eigenvalue weighted by molar-refractivity contribution is 8.00. The Morgan fingerprint density at radius 3 is 1.27 bits per heavy atom. The summed E-state index contributed by atoms with van der Waals surface area (Å²) in [5.74, 6) is 0.917. The van der Waals surface area contributed by atoms with Gasteiger partial charge in [0.15, 0.2) is 10.8 Å². The first-order chi connectivity index (χ1) is 22.0. The van der Waals surface area contributed by atoms with Crippen LogP contribution < -0.4 is 4.74 Å². The maximum atomic E-state index is 12.0. The Morgan fingerprint density at radius 1 is 0.583 bits per heavy atom. The van der Waals surface area contributed by atoms with Crippen molar-refractivity contribution in [2.45, 2.75) is 58.9 Å². The number of halogens is 9. The first-order valence-corrected chi connectivity index (χ1v) is 16.8. The van der Waals surface area contributed by atoms with Crippen molar-refractivity contribution in [2.24, 2.45) is 0 Å². The molecule has 48 heavy (non-hydrogen) atoms. The van der Waals surface area contributed by atoms with E-state index in [1.807, 2.05) is 31.2 Å². The summed E-state index contributed by atoms with van der Waals surface area (Å²) in [6.45, 7) is 7.30. The average molecular weight is 747 g/mol. The predicted molar refractivity (Wildman–Crippen MR) is 169 cm³/mol. The van der Waals surface area contributed by atoms with Crippen LogP contribution in [0.25, 0.3) is 0 Å². The van der Waals surface area contributed by atoms with E-state index < -0.39 is 42.1 Å². The van der Waals surface area contributed by atoms with E-state index >= 15 is 0 Å². The minimum absolute atomic E-state index is 0.0906. The Morgan fingerprint density at radius 2 is 0.938 bits per heavy atom. The van der Waals surface area contributed by atoms with Crippen LogP contribution in [0.4, 0.5) is 39.5 Å². The summed E-state index contributed by atoms with van der Waals surface area (Å²) in [5, 5.41) is 0. The van der Waals surface area contributed by atoms with E-state index in [2.05, 4.69) is 6.92 Å². The van der Waals surface area contributed by atoms with Crippen LogP contribution in [0.1, 0.15) is 22.3 Å². The molecule has 4 aromatic carbocycles. The maximum Gasteiger partial charge on any atom is 0.501 e. The van der Waals surface area contributed by atoms with Gasteiger partial charge in [0.25, 0.3) is 9.84 Å². The van der Waals surface area contributed by atoms with Gasteiger partial charge in [-0.05, 0) is 88.0 Å². The van der Waals surface area contributed by atoms with Gasteiger partial charge in [-0.1, -0.05) is 70.8 Å². The van der Waals surface area contributed by atoms with Crippen molar-refractivity contribution >= 4 is 32.4 Å². The van der Waals surface area contributed by atoms with Crippen LogP contribution in [0, 0.1) is 27.7 Å². The molecule has 0 radical (unpaired) electrons. The number of thioether (sulfide) groups is 1. The normalized spacial score (nSPS) is 12.2. The number of aryl methyl sites for hydroxylation is 4. The molecule has 0 N–H and O–H groups in total. The Bertz CT molecular complexity index is 1670. The van der Waals surface area contributed by atoms with E-state index in [0.29, 0.717) is 5.56 Å². The average Bonchev–Trinajstić information content (AvgIpc) is 2.98. The molecular formula is C32H31F9O4S3. The van der Waals surface area contributed by atoms with Crippen LogP contribution in [0.2, 0.25) is 0 Å². The molecule has 0 fully saturated rings. The summed E-state index contributed by atoms with van der Waals surface area (Å²) in [7, 11) is -6.43. The van der Waals surface area contributed by atoms with E-state index in [1.165, 1.54) is 54.1 Å². The molecule has 1 atom stereocenters. The van der Waals surface area contributed by atoms with Crippen molar-refractivity contribution in [3.05, 3.63) is 119 Å². The molecule has 0 aliphatic rings. The van der Waals surface area contributed by atoms with E-state index in [4.69, 9.17) is 4.74 Å². The molecule has 0 aromatic heterocycles. The molecule has 4 rings (SSSR count). The molecule has 4 nitrogen and oxygen atoms in total. The molecule has 0 aliphatic heterocycles. The first-order valence-electron chi connectivity index (χ1n) is 13.3. The van der Waals surface area contributed by atoms with E-state index in [9.17, 15) is 52.1 Å². The summed E-state index contributed by atoms with van der Waals surface area (Å²) in [6, 6.07) is 24.2. The Labute approximate surface area is 279 Å². The Kier molecular flexibility index (Phi) is 16.2. The lowest BCUT2D eigenvalue weighted by molar-refractivity contribution is -0.0437. The fraction of sp³-hybridized carbons (Fsp3) is 0.250. The summed E-state index contributed by atoms with van der Waals surface area (Å²) in [4.78, 5) is -0.707. The zero-order chi connectivity index (χ0) is 36.9. The third-order valence-electron chi connectivity index (χ3n) is 5.59. The topological polar surface area (TPSA) is 60.4 Å². The van der Waals surface area contributed by atoms with Crippen LogP contribution in [-0.2, 0) is 20.6 Å². The Balaban J connectivity index is 0.000000323. The lowest BCUT2D eigenvalue weighted by atomic mass is 10.2. The summed E-state index contributed by atoms with van der Waals surface area (Å²) >= 11 is -0.0906. The largest absolute Gasteiger partial charge is 0.501 e. The standard InChI is InChI=1S/C8H7F3O2S.C8H7F3OS.C8H7F3S.C8H10O/c1-6-2-4-7(5-3-6)14(12,13)8(9,10)11;1-6-2-4-7(5-3-6)13(12)8(9,10)11;1-6-2-4-7(5-3-6)12-8(9,10)11;1-7-3-5-8(9-2)6-4-7/h2-5H,1H3;2-5H,1H3;2-5H,1H3;3-6H,1-2H3. The number of benzene rings is 4. The van der Waals surface area contributed by atoms with Crippen molar-refractivity contribution in [1.29, 1.82) is 0 Å². The van der Waals surface area contributed by atoms with Crippen LogP contribution in [-0.4, -0.2) is 36.3 Å². The molecule has 0 heterocycles. The molecule has 1 unspecified atom stereocenters. The molecule has 0 aliphatic carbocycles. The molecule has 0 saturated heterocycles. The minimum Gasteiger partial charge on any atom is -0.497 e. The number of rotatable bonds is 4. The van der Waals surface area contributed by atoms with Gasteiger partial charge in [-0.3, -0.25) is 0 Å². The lowest BCUT2D eigenvalue weighted by Gasteiger charge is -2.07. The van der Waals surface area contributed by atoms with Gasteiger partial charge in [0.05, 0.1) is 12.0 Å². The number of alkyl halides is 9. The molecular weight excluding hydrogens is 716 g/mol. The highest BCUT2D eigenvalue weighted by Crippen LogP contribution is 2.36. The number of hydrogen-bond donors (Lipinski definition) is 0. The van der Waals surface area contributed by atoms with Crippen LogP contribution in [0.3, 0.4) is 0 Å². The molecule has 264 valence electrons. The second kappa shape index (κ2) is 18.3. The molecule has 4 aromatic rings. The monoisotopic (exact) mass is 746 g/mol. The first kappa shape index (κ1) is 42.5. The summed E-state index contributed by atoms with van der Waals surface area (Å²) < 4.78 is 145. The van der Waals surface area contributed by atoms with Gasteiger partial charge in [0, 0.05) is 9.79 Å². The molecule has 0 amide bonds. The number of ether oxygens (including phenoxy) is 1. The van der Waals surface area contributed by atoms with Crippen LogP contribution in [0.15, 0.2) is 112 Å². The molecule has 16 heteroatoms. The zero-order valence-electron chi connectivity index (χ0n) is 26.0. The molecule has 0 bridgehead atoms. The predicted octanol–water partition coefficient (Wildman–Crippen LogP) is 10.5. The number of methoxy groups -OCH3 is 1. The van der Waals surface area contributed by atoms with Gasteiger partial charge in [-0.2, -0.15) is 39.5 Å².